The molecular formula is C14H13NO. The molecule has 0 saturated heterocycles. The van der Waals surface area contributed by atoms with Crippen LogP contribution in [-0.2, 0) is 4.79 Å². The number of hydrogen-bond acceptors (Lipinski definition) is 2. The molecule has 2 aromatic rings. The summed E-state index contributed by atoms with van der Waals surface area (Å²) < 4.78 is 0. The highest BCUT2D eigenvalue weighted by atomic mass is 16.1. The number of aromatic nitrogens is 1. The van der Waals surface area contributed by atoms with Crippen molar-refractivity contribution >= 4 is 16.7 Å². The van der Waals surface area contributed by atoms with Gasteiger partial charge in [0.15, 0.2) is 0 Å². The lowest BCUT2D eigenvalue weighted by atomic mass is 9.93. The minimum Gasteiger partial charge on any atom is -0.299 e. The smallest absolute Gasteiger partial charge is 0.140 e. The Bertz CT molecular complexity index is 542. The van der Waals surface area contributed by atoms with E-state index < -0.39 is 0 Å². The molecule has 1 heterocycles. The Morgan fingerprint density at radius 3 is 2.94 bits per heavy atom. The standard InChI is InChI=1S/C14H13NO/c16-14-8-2-5-12(14)10-4-1-7-13-11(10)6-3-9-15-13/h1,3-4,6-7,9,12H,2,5,8H2. The molecule has 0 spiro atoms. The van der Waals surface area contributed by atoms with Crippen LogP contribution in [0.2, 0.25) is 0 Å². The monoisotopic (exact) mass is 211 g/mol. The average molecular weight is 211 g/mol. The summed E-state index contributed by atoms with van der Waals surface area (Å²) in [5.74, 6) is 0.490. The Hall–Kier alpha value is -1.70. The molecule has 16 heavy (non-hydrogen) atoms. The topological polar surface area (TPSA) is 30.0 Å². The SMILES string of the molecule is O=C1CCCC1c1cccc2ncccc12. The van der Waals surface area contributed by atoms with Gasteiger partial charge < -0.3 is 0 Å². The van der Waals surface area contributed by atoms with Crippen molar-refractivity contribution in [2.45, 2.75) is 25.2 Å². The predicted octanol–water partition coefficient (Wildman–Crippen LogP) is 3.07. The molecule has 1 aromatic heterocycles. The summed E-state index contributed by atoms with van der Waals surface area (Å²) in [6.07, 6.45) is 4.55. The number of ketones is 1. The molecule has 1 atom stereocenters. The van der Waals surface area contributed by atoms with Crippen LogP contribution in [-0.4, -0.2) is 10.8 Å². The molecule has 2 nitrogen and oxygen atoms in total. The van der Waals surface area contributed by atoms with E-state index in [1.807, 2.05) is 18.2 Å². The predicted molar refractivity (Wildman–Crippen MR) is 63.3 cm³/mol. The van der Waals surface area contributed by atoms with Crippen molar-refractivity contribution in [3.8, 4) is 0 Å². The largest absolute Gasteiger partial charge is 0.299 e. The van der Waals surface area contributed by atoms with Crippen LogP contribution in [0, 0.1) is 0 Å². The maximum atomic E-state index is 11.8. The number of carbonyl (C=O) groups excluding carboxylic acids is 1. The lowest BCUT2D eigenvalue weighted by molar-refractivity contribution is -0.118. The number of pyridine rings is 1. The molecular weight excluding hydrogens is 198 g/mol. The van der Waals surface area contributed by atoms with Crippen LogP contribution in [0.3, 0.4) is 0 Å². The first kappa shape index (κ1) is 9.52. The Labute approximate surface area is 94.3 Å². The van der Waals surface area contributed by atoms with Crippen molar-refractivity contribution < 1.29 is 4.79 Å². The van der Waals surface area contributed by atoms with Crippen LogP contribution in [0.1, 0.15) is 30.7 Å². The van der Waals surface area contributed by atoms with E-state index in [0.29, 0.717) is 5.78 Å². The van der Waals surface area contributed by atoms with Gasteiger partial charge in [-0.05, 0) is 30.5 Å². The van der Waals surface area contributed by atoms with Crippen LogP contribution >= 0.6 is 0 Å². The van der Waals surface area contributed by atoms with Gasteiger partial charge in [0.05, 0.1) is 5.52 Å². The molecule has 0 aliphatic heterocycles. The quantitative estimate of drug-likeness (QED) is 0.725. The van der Waals surface area contributed by atoms with Crippen molar-refractivity contribution in [1.82, 2.24) is 4.98 Å². The number of carbonyl (C=O) groups is 1. The van der Waals surface area contributed by atoms with Crippen molar-refractivity contribution in [3.63, 3.8) is 0 Å². The maximum Gasteiger partial charge on any atom is 0.140 e. The molecule has 0 N–H and O–H groups in total. The summed E-state index contributed by atoms with van der Waals surface area (Å²) in [4.78, 5) is 16.1. The highest BCUT2D eigenvalue weighted by Gasteiger charge is 2.27. The van der Waals surface area contributed by atoms with Crippen molar-refractivity contribution in [2.75, 3.05) is 0 Å². The second-order valence-corrected chi connectivity index (χ2v) is 4.33. The fraction of sp³-hybridized carbons (Fsp3) is 0.286. The molecule has 1 aromatic carbocycles. The van der Waals surface area contributed by atoms with E-state index in [0.717, 1.165) is 35.7 Å². The number of benzene rings is 1. The molecule has 80 valence electrons. The van der Waals surface area contributed by atoms with E-state index in [2.05, 4.69) is 17.1 Å². The molecule has 0 bridgehead atoms. The molecule has 0 radical (unpaired) electrons. The van der Waals surface area contributed by atoms with Crippen LogP contribution < -0.4 is 0 Å². The van der Waals surface area contributed by atoms with Crippen LogP contribution in [0.4, 0.5) is 0 Å². The van der Waals surface area contributed by atoms with Gasteiger partial charge in [-0.25, -0.2) is 0 Å². The minimum atomic E-state index is 0.105. The Morgan fingerprint density at radius 1 is 1.19 bits per heavy atom. The van der Waals surface area contributed by atoms with Gasteiger partial charge in [-0.1, -0.05) is 18.2 Å². The Morgan fingerprint density at radius 2 is 2.12 bits per heavy atom. The highest BCUT2D eigenvalue weighted by Crippen LogP contribution is 2.34. The summed E-state index contributed by atoms with van der Waals surface area (Å²) in [7, 11) is 0. The average Bonchev–Trinajstić information content (AvgIpc) is 2.75. The normalized spacial score (nSPS) is 20.5. The second-order valence-electron chi connectivity index (χ2n) is 4.33. The maximum absolute atomic E-state index is 11.8. The van der Waals surface area contributed by atoms with Gasteiger partial charge in [0, 0.05) is 23.9 Å². The van der Waals surface area contributed by atoms with E-state index in [1.54, 1.807) is 6.20 Å². The van der Waals surface area contributed by atoms with E-state index >= 15 is 0 Å². The lowest BCUT2D eigenvalue weighted by Crippen LogP contribution is -2.04. The summed E-state index contributed by atoms with van der Waals surface area (Å²) in [5, 5.41) is 1.13. The lowest BCUT2D eigenvalue weighted by Gasteiger charge is -2.11. The number of nitrogens with zero attached hydrogens (tertiary/aromatic N) is 1. The third kappa shape index (κ3) is 1.42. The van der Waals surface area contributed by atoms with Gasteiger partial charge in [0.25, 0.3) is 0 Å². The summed E-state index contributed by atoms with van der Waals surface area (Å²) >= 11 is 0. The Kier molecular flexibility index (Phi) is 2.21. The number of rotatable bonds is 1. The molecule has 1 aliphatic rings. The van der Waals surface area contributed by atoms with Gasteiger partial charge in [-0.2, -0.15) is 0 Å². The molecule has 1 fully saturated rings. The summed E-state index contributed by atoms with van der Waals surface area (Å²) in [6, 6.07) is 10.1. The number of fused-ring (bicyclic) bond motifs is 1. The number of hydrogen-bond donors (Lipinski definition) is 0. The first-order valence-corrected chi connectivity index (χ1v) is 5.72. The van der Waals surface area contributed by atoms with Crippen LogP contribution in [0.25, 0.3) is 10.9 Å². The van der Waals surface area contributed by atoms with Gasteiger partial charge >= 0.3 is 0 Å². The third-order valence-electron chi connectivity index (χ3n) is 3.36. The van der Waals surface area contributed by atoms with Crippen LogP contribution in [0.15, 0.2) is 36.5 Å². The van der Waals surface area contributed by atoms with Crippen molar-refractivity contribution in [1.29, 1.82) is 0 Å². The van der Waals surface area contributed by atoms with Crippen LogP contribution in [0.5, 0.6) is 0 Å². The van der Waals surface area contributed by atoms with Gasteiger partial charge in [-0.3, -0.25) is 9.78 Å². The zero-order valence-corrected chi connectivity index (χ0v) is 9.02. The molecule has 1 saturated carbocycles. The summed E-state index contributed by atoms with van der Waals surface area (Å²) in [6.45, 7) is 0. The first-order chi connectivity index (χ1) is 7.86. The fourth-order valence-corrected chi connectivity index (χ4v) is 2.58. The zero-order valence-electron chi connectivity index (χ0n) is 9.02. The molecule has 0 amide bonds. The van der Waals surface area contributed by atoms with E-state index in [9.17, 15) is 4.79 Å². The van der Waals surface area contributed by atoms with E-state index in [4.69, 9.17) is 0 Å². The van der Waals surface area contributed by atoms with Crippen molar-refractivity contribution in [3.05, 3.63) is 42.1 Å². The fourth-order valence-electron chi connectivity index (χ4n) is 2.58. The highest BCUT2D eigenvalue weighted by molar-refractivity contribution is 5.93. The van der Waals surface area contributed by atoms with Gasteiger partial charge in [-0.15, -0.1) is 0 Å². The van der Waals surface area contributed by atoms with Gasteiger partial charge in [0.2, 0.25) is 0 Å². The molecule has 3 rings (SSSR count). The minimum absolute atomic E-state index is 0.105. The second kappa shape index (κ2) is 3.71. The van der Waals surface area contributed by atoms with E-state index in [-0.39, 0.29) is 5.92 Å². The first-order valence-electron chi connectivity index (χ1n) is 5.72. The molecule has 2 heteroatoms. The third-order valence-corrected chi connectivity index (χ3v) is 3.36. The molecule has 1 aliphatic carbocycles. The Balaban J connectivity index is 2.19. The zero-order chi connectivity index (χ0) is 11.0. The van der Waals surface area contributed by atoms with Crippen molar-refractivity contribution in [2.24, 2.45) is 0 Å². The summed E-state index contributed by atoms with van der Waals surface area (Å²) in [5.41, 5.74) is 2.15. The van der Waals surface area contributed by atoms with E-state index in [1.165, 1.54) is 0 Å². The molecule has 1 unspecified atom stereocenters. The number of Topliss-reactive ketones (excluding diaryl/α,β-unsaturated/α-hetero) is 1. The van der Waals surface area contributed by atoms with Gasteiger partial charge in [0.1, 0.15) is 5.78 Å².